The average Bonchev–Trinajstić information content (AvgIpc) is 2.17. The Bertz CT molecular complexity index is 336. The molecular formula is C11H15NO2. The molecule has 3 heteroatoms. The lowest BCUT2D eigenvalue weighted by Crippen LogP contribution is -2.36. The molecule has 0 spiro atoms. The molecule has 14 heavy (non-hydrogen) atoms. The van der Waals surface area contributed by atoms with Gasteiger partial charge in [0.2, 0.25) is 5.91 Å². The molecule has 0 saturated carbocycles. The van der Waals surface area contributed by atoms with E-state index in [1.807, 2.05) is 24.3 Å². The van der Waals surface area contributed by atoms with E-state index in [-0.39, 0.29) is 13.3 Å². The van der Waals surface area contributed by atoms with Crippen molar-refractivity contribution in [3.05, 3.63) is 24.3 Å². The minimum absolute atomic E-state index is 0. The molecule has 1 heterocycles. The van der Waals surface area contributed by atoms with Crippen LogP contribution in [0.3, 0.4) is 0 Å². The lowest BCUT2D eigenvalue weighted by molar-refractivity contribution is -0.116. The summed E-state index contributed by atoms with van der Waals surface area (Å²) in [7, 11) is 0. The summed E-state index contributed by atoms with van der Waals surface area (Å²) in [6.07, 6.45) is 0. The highest BCUT2D eigenvalue weighted by Gasteiger charge is 2.19. The second-order valence-electron chi connectivity index (χ2n) is 2.99. The first kappa shape index (κ1) is 10.6. The van der Waals surface area contributed by atoms with E-state index in [0.717, 1.165) is 11.4 Å². The summed E-state index contributed by atoms with van der Waals surface area (Å²) >= 11 is 0. The van der Waals surface area contributed by atoms with Crippen LogP contribution in [0.1, 0.15) is 14.4 Å². The van der Waals surface area contributed by atoms with Crippen molar-refractivity contribution in [2.75, 3.05) is 18.1 Å². The molecule has 1 aliphatic heterocycles. The predicted molar refractivity (Wildman–Crippen MR) is 56.7 cm³/mol. The number of rotatable bonds is 0. The van der Waals surface area contributed by atoms with Crippen LogP contribution < -0.4 is 9.64 Å². The monoisotopic (exact) mass is 193 g/mol. The van der Waals surface area contributed by atoms with Crippen LogP contribution >= 0.6 is 0 Å². The van der Waals surface area contributed by atoms with Crippen LogP contribution in [0.25, 0.3) is 0 Å². The zero-order valence-corrected chi connectivity index (χ0v) is 7.49. The summed E-state index contributed by atoms with van der Waals surface area (Å²) in [5.74, 6) is 0.861. The van der Waals surface area contributed by atoms with Crippen molar-refractivity contribution in [3.63, 3.8) is 0 Å². The second kappa shape index (κ2) is 4.13. The van der Waals surface area contributed by atoms with Crippen molar-refractivity contribution >= 4 is 11.6 Å². The average molecular weight is 193 g/mol. The Morgan fingerprint density at radius 2 is 2.14 bits per heavy atom. The van der Waals surface area contributed by atoms with Crippen molar-refractivity contribution in [2.24, 2.45) is 0 Å². The molecule has 0 bridgehead atoms. The van der Waals surface area contributed by atoms with E-state index < -0.39 is 0 Å². The van der Waals surface area contributed by atoms with Gasteiger partial charge in [-0.3, -0.25) is 4.79 Å². The summed E-state index contributed by atoms with van der Waals surface area (Å²) < 4.78 is 5.41. The van der Waals surface area contributed by atoms with Crippen molar-refractivity contribution in [2.45, 2.75) is 14.4 Å². The Kier molecular flexibility index (Phi) is 3.12. The lowest BCUT2D eigenvalue weighted by atomic mass is 10.2. The van der Waals surface area contributed by atoms with Crippen LogP contribution in [0.2, 0.25) is 0 Å². The minimum Gasteiger partial charge on any atom is -0.490 e. The molecule has 1 aromatic rings. The van der Waals surface area contributed by atoms with Gasteiger partial charge in [0, 0.05) is 6.92 Å². The molecule has 3 nitrogen and oxygen atoms in total. The van der Waals surface area contributed by atoms with Gasteiger partial charge in [0.1, 0.15) is 12.4 Å². The van der Waals surface area contributed by atoms with Crippen LogP contribution in [0, 0.1) is 0 Å². The number of nitrogens with zero attached hydrogens (tertiary/aromatic N) is 1. The number of amides is 1. The maximum Gasteiger partial charge on any atom is 0.224 e. The smallest absolute Gasteiger partial charge is 0.224 e. The molecule has 2 rings (SSSR count). The first-order valence-corrected chi connectivity index (χ1v) is 4.29. The van der Waals surface area contributed by atoms with E-state index in [1.54, 1.807) is 11.8 Å². The van der Waals surface area contributed by atoms with E-state index >= 15 is 0 Å². The summed E-state index contributed by atoms with van der Waals surface area (Å²) in [6, 6.07) is 7.59. The van der Waals surface area contributed by atoms with Gasteiger partial charge in [0.05, 0.1) is 12.2 Å². The highest BCUT2D eigenvalue weighted by atomic mass is 16.5. The Labute approximate surface area is 84.3 Å². The summed E-state index contributed by atoms with van der Waals surface area (Å²) in [5.41, 5.74) is 0.876. The Hall–Kier alpha value is -1.51. The molecule has 0 fully saturated rings. The van der Waals surface area contributed by atoms with Gasteiger partial charge in [-0.05, 0) is 12.1 Å². The van der Waals surface area contributed by atoms with Gasteiger partial charge in [0.15, 0.2) is 0 Å². The number of hydrogen-bond acceptors (Lipinski definition) is 2. The second-order valence-corrected chi connectivity index (χ2v) is 2.99. The number of hydrogen-bond donors (Lipinski definition) is 0. The highest BCUT2D eigenvalue weighted by Crippen LogP contribution is 2.30. The number of fused-ring (bicyclic) bond motifs is 1. The van der Waals surface area contributed by atoms with Gasteiger partial charge >= 0.3 is 0 Å². The van der Waals surface area contributed by atoms with Gasteiger partial charge in [0.25, 0.3) is 0 Å². The van der Waals surface area contributed by atoms with Crippen LogP contribution in [-0.4, -0.2) is 19.1 Å². The van der Waals surface area contributed by atoms with Gasteiger partial charge in [-0.25, -0.2) is 0 Å². The number of benzene rings is 1. The zero-order chi connectivity index (χ0) is 9.26. The first-order valence-electron chi connectivity index (χ1n) is 4.29. The molecule has 0 saturated heterocycles. The normalized spacial score (nSPS) is 13.6. The van der Waals surface area contributed by atoms with Crippen molar-refractivity contribution < 1.29 is 9.53 Å². The third-order valence-electron chi connectivity index (χ3n) is 2.11. The van der Waals surface area contributed by atoms with Crippen molar-refractivity contribution in [1.82, 2.24) is 0 Å². The van der Waals surface area contributed by atoms with Gasteiger partial charge in [-0.1, -0.05) is 19.6 Å². The third-order valence-corrected chi connectivity index (χ3v) is 2.11. The predicted octanol–water partition coefficient (Wildman–Crippen LogP) is 2.07. The van der Waals surface area contributed by atoms with Gasteiger partial charge in [-0.2, -0.15) is 0 Å². The topological polar surface area (TPSA) is 29.5 Å². The summed E-state index contributed by atoms with van der Waals surface area (Å²) in [4.78, 5) is 13.0. The Balaban J connectivity index is 0.000000980. The molecule has 0 aromatic heterocycles. The minimum atomic E-state index is 0. The fourth-order valence-electron chi connectivity index (χ4n) is 1.50. The third kappa shape index (κ3) is 1.71. The quantitative estimate of drug-likeness (QED) is 0.631. The number of carbonyl (C=O) groups excluding carboxylic acids is 1. The highest BCUT2D eigenvalue weighted by molar-refractivity contribution is 5.93. The van der Waals surface area contributed by atoms with Crippen LogP contribution in [0.15, 0.2) is 24.3 Å². The standard InChI is InChI=1S/C10H11NO2.CH4/c1-8(12)11-6-7-13-10-5-3-2-4-9(10)11;/h2-5H,6-7H2,1H3;1H4. The molecule has 76 valence electrons. The van der Waals surface area contributed by atoms with Gasteiger partial charge < -0.3 is 9.64 Å². The zero-order valence-electron chi connectivity index (χ0n) is 7.49. The number of carbonyl (C=O) groups is 1. The molecule has 0 atom stereocenters. The fourth-order valence-corrected chi connectivity index (χ4v) is 1.50. The summed E-state index contributed by atoms with van der Waals surface area (Å²) in [6.45, 7) is 2.80. The van der Waals surface area contributed by atoms with Crippen molar-refractivity contribution in [1.29, 1.82) is 0 Å². The van der Waals surface area contributed by atoms with Crippen LogP contribution in [0.4, 0.5) is 5.69 Å². The maximum atomic E-state index is 11.2. The largest absolute Gasteiger partial charge is 0.490 e. The maximum absolute atomic E-state index is 11.2. The van der Waals surface area contributed by atoms with Gasteiger partial charge in [-0.15, -0.1) is 0 Å². The number of para-hydroxylation sites is 2. The molecule has 1 aromatic carbocycles. The summed E-state index contributed by atoms with van der Waals surface area (Å²) in [5, 5.41) is 0. The Morgan fingerprint density at radius 3 is 2.86 bits per heavy atom. The molecule has 0 unspecified atom stereocenters. The Morgan fingerprint density at radius 1 is 1.43 bits per heavy atom. The van der Waals surface area contributed by atoms with Crippen molar-refractivity contribution in [3.8, 4) is 5.75 Å². The molecule has 0 aliphatic carbocycles. The SMILES string of the molecule is C.CC(=O)N1CCOc2ccccc21. The number of ether oxygens (including phenoxy) is 1. The first-order chi connectivity index (χ1) is 6.29. The van der Waals surface area contributed by atoms with E-state index in [2.05, 4.69) is 0 Å². The fraction of sp³-hybridized carbons (Fsp3) is 0.364. The van der Waals surface area contributed by atoms with E-state index in [0.29, 0.717) is 13.2 Å². The van der Waals surface area contributed by atoms with Crippen LogP contribution in [-0.2, 0) is 4.79 Å². The molecular weight excluding hydrogens is 178 g/mol. The molecule has 1 aliphatic rings. The number of anilines is 1. The van der Waals surface area contributed by atoms with E-state index in [4.69, 9.17) is 4.74 Å². The van der Waals surface area contributed by atoms with E-state index in [1.165, 1.54) is 0 Å². The molecule has 1 amide bonds. The van der Waals surface area contributed by atoms with E-state index in [9.17, 15) is 4.79 Å². The molecule has 0 N–H and O–H groups in total. The lowest BCUT2D eigenvalue weighted by Gasteiger charge is -2.28. The molecule has 0 radical (unpaired) electrons. The van der Waals surface area contributed by atoms with Crippen LogP contribution in [0.5, 0.6) is 5.75 Å².